The predicted molar refractivity (Wildman–Crippen MR) is 65.9 cm³/mol. The average Bonchev–Trinajstić information content (AvgIpc) is 2.52. The van der Waals surface area contributed by atoms with Crippen LogP contribution in [-0.4, -0.2) is 45.4 Å². The first-order valence-corrected chi connectivity index (χ1v) is 5.54. The molecule has 0 aromatic carbocycles. The first-order valence-electron chi connectivity index (χ1n) is 5.54. The van der Waals surface area contributed by atoms with Gasteiger partial charge < -0.3 is 10.0 Å². The Morgan fingerprint density at radius 1 is 1.59 bits per heavy atom. The highest BCUT2D eigenvalue weighted by molar-refractivity contribution is 5.96. The van der Waals surface area contributed by atoms with Gasteiger partial charge in [0.15, 0.2) is 0 Å². The van der Waals surface area contributed by atoms with Crippen molar-refractivity contribution in [3.8, 4) is 0 Å². The van der Waals surface area contributed by atoms with E-state index >= 15 is 0 Å². The van der Waals surface area contributed by atoms with Crippen LogP contribution in [0, 0.1) is 13.8 Å². The zero-order chi connectivity index (χ0) is 13.0. The van der Waals surface area contributed by atoms with Crippen molar-refractivity contribution in [3.63, 3.8) is 0 Å². The Balaban J connectivity index is 3.04. The lowest BCUT2D eigenvalue weighted by molar-refractivity contribution is 0.0741. The smallest absolute Gasteiger partial charge is 0.257 e. The molecule has 0 aliphatic carbocycles. The lowest BCUT2D eigenvalue weighted by Gasteiger charge is -2.20. The zero-order valence-corrected chi connectivity index (χ0v) is 10.6. The molecule has 0 saturated heterocycles. The van der Waals surface area contributed by atoms with E-state index in [1.807, 2.05) is 20.9 Å². The number of aryl methyl sites for hydroxylation is 2. The SMILES string of the molecule is C=CCN(CCO)C(=O)c1c(C)nn(C)c1C. The van der Waals surface area contributed by atoms with Crippen LogP contribution in [0.25, 0.3) is 0 Å². The Morgan fingerprint density at radius 2 is 2.24 bits per heavy atom. The number of hydrogen-bond donors (Lipinski definition) is 1. The van der Waals surface area contributed by atoms with E-state index in [4.69, 9.17) is 5.11 Å². The van der Waals surface area contributed by atoms with Crippen molar-refractivity contribution in [1.82, 2.24) is 14.7 Å². The monoisotopic (exact) mass is 237 g/mol. The second-order valence-electron chi connectivity index (χ2n) is 3.93. The molecule has 1 heterocycles. The van der Waals surface area contributed by atoms with Gasteiger partial charge in [-0.25, -0.2) is 0 Å². The number of carbonyl (C=O) groups is 1. The van der Waals surface area contributed by atoms with Crippen molar-refractivity contribution in [1.29, 1.82) is 0 Å². The van der Waals surface area contributed by atoms with Gasteiger partial charge in [-0.3, -0.25) is 9.48 Å². The molecule has 0 fully saturated rings. The minimum atomic E-state index is -0.109. The van der Waals surface area contributed by atoms with Gasteiger partial charge in [0.25, 0.3) is 5.91 Å². The molecule has 1 aromatic rings. The molecule has 17 heavy (non-hydrogen) atoms. The summed E-state index contributed by atoms with van der Waals surface area (Å²) in [6.07, 6.45) is 1.65. The van der Waals surface area contributed by atoms with E-state index < -0.39 is 0 Å². The zero-order valence-electron chi connectivity index (χ0n) is 10.6. The maximum atomic E-state index is 12.3. The molecule has 5 nitrogen and oxygen atoms in total. The van der Waals surface area contributed by atoms with Crippen molar-refractivity contribution in [2.45, 2.75) is 13.8 Å². The molecule has 1 N–H and O–H groups in total. The van der Waals surface area contributed by atoms with Crippen LogP contribution in [0.15, 0.2) is 12.7 Å². The van der Waals surface area contributed by atoms with Crippen molar-refractivity contribution in [2.24, 2.45) is 7.05 Å². The molecule has 0 spiro atoms. The van der Waals surface area contributed by atoms with E-state index in [0.717, 1.165) is 5.69 Å². The van der Waals surface area contributed by atoms with Crippen LogP contribution in [0.1, 0.15) is 21.7 Å². The molecule has 0 radical (unpaired) electrons. The summed E-state index contributed by atoms with van der Waals surface area (Å²) in [6.45, 7) is 7.95. The summed E-state index contributed by atoms with van der Waals surface area (Å²) >= 11 is 0. The molecule has 0 bridgehead atoms. The van der Waals surface area contributed by atoms with E-state index in [-0.39, 0.29) is 12.5 Å². The summed E-state index contributed by atoms with van der Waals surface area (Å²) in [5.41, 5.74) is 2.16. The highest BCUT2D eigenvalue weighted by Gasteiger charge is 2.21. The number of aromatic nitrogens is 2. The molecule has 94 valence electrons. The van der Waals surface area contributed by atoms with Gasteiger partial charge in [-0.1, -0.05) is 6.08 Å². The Hall–Kier alpha value is -1.62. The number of aliphatic hydroxyl groups excluding tert-OH is 1. The fourth-order valence-corrected chi connectivity index (χ4v) is 1.79. The van der Waals surface area contributed by atoms with Gasteiger partial charge in [0, 0.05) is 25.8 Å². The van der Waals surface area contributed by atoms with E-state index in [1.165, 1.54) is 0 Å². The Morgan fingerprint density at radius 3 is 2.65 bits per heavy atom. The number of amides is 1. The maximum Gasteiger partial charge on any atom is 0.257 e. The largest absolute Gasteiger partial charge is 0.395 e. The van der Waals surface area contributed by atoms with Crippen LogP contribution < -0.4 is 0 Å². The fourth-order valence-electron chi connectivity index (χ4n) is 1.79. The van der Waals surface area contributed by atoms with Gasteiger partial charge in [0.1, 0.15) is 0 Å². The summed E-state index contributed by atoms with van der Waals surface area (Å²) in [6, 6.07) is 0. The molecular formula is C12H19N3O2. The first kappa shape index (κ1) is 13.4. The van der Waals surface area contributed by atoms with E-state index in [9.17, 15) is 4.79 Å². The van der Waals surface area contributed by atoms with Gasteiger partial charge in [-0.15, -0.1) is 6.58 Å². The first-order chi connectivity index (χ1) is 8.02. The predicted octanol–water partition coefficient (Wildman–Crippen LogP) is 0.657. The maximum absolute atomic E-state index is 12.3. The third kappa shape index (κ3) is 2.74. The number of rotatable bonds is 5. The van der Waals surface area contributed by atoms with Crippen molar-refractivity contribution in [3.05, 3.63) is 29.6 Å². The lowest BCUT2D eigenvalue weighted by Crippen LogP contribution is -2.34. The molecule has 1 rings (SSSR count). The minimum absolute atomic E-state index is 0.0576. The average molecular weight is 237 g/mol. The number of aliphatic hydroxyl groups is 1. The fraction of sp³-hybridized carbons (Fsp3) is 0.500. The van der Waals surface area contributed by atoms with Crippen LogP contribution in [0.5, 0.6) is 0 Å². The minimum Gasteiger partial charge on any atom is -0.395 e. The number of hydrogen-bond acceptors (Lipinski definition) is 3. The van der Waals surface area contributed by atoms with Crippen LogP contribution in [0.3, 0.4) is 0 Å². The van der Waals surface area contributed by atoms with Crippen molar-refractivity contribution >= 4 is 5.91 Å². The molecule has 0 aliphatic heterocycles. The molecule has 5 heteroatoms. The summed E-state index contributed by atoms with van der Waals surface area (Å²) in [4.78, 5) is 13.9. The second-order valence-corrected chi connectivity index (χ2v) is 3.93. The normalized spacial score (nSPS) is 10.4. The molecule has 1 aromatic heterocycles. The summed E-state index contributed by atoms with van der Waals surface area (Å²) in [5.74, 6) is -0.109. The quantitative estimate of drug-likeness (QED) is 0.765. The Labute approximate surface area is 101 Å². The Bertz CT molecular complexity index is 424. The van der Waals surface area contributed by atoms with E-state index in [1.54, 1.807) is 15.7 Å². The molecular weight excluding hydrogens is 218 g/mol. The Kier molecular flexibility index (Phi) is 4.45. The topological polar surface area (TPSA) is 58.4 Å². The van der Waals surface area contributed by atoms with Crippen LogP contribution in [0.2, 0.25) is 0 Å². The third-order valence-corrected chi connectivity index (χ3v) is 2.73. The standard InChI is InChI=1S/C12H19N3O2/c1-5-6-15(7-8-16)12(17)11-9(2)13-14(4)10(11)3/h5,16H,1,6-8H2,2-4H3. The molecule has 0 saturated carbocycles. The summed E-state index contributed by atoms with van der Waals surface area (Å²) in [7, 11) is 1.81. The molecule has 0 unspecified atom stereocenters. The van der Waals surface area contributed by atoms with Crippen LogP contribution in [-0.2, 0) is 7.05 Å². The lowest BCUT2D eigenvalue weighted by atomic mass is 10.1. The van der Waals surface area contributed by atoms with Gasteiger partial charge in [0.05, 0.1) is 17.9 Å². The van der Waals surface area contributed by atoms with Gasteiger partial charge in [0.2, 0.25) is 0 Å². The molecule has 0 atom stereocenters. The van der Waals surface area contributed by atoms with Gasteiger partial charge in [-0.05, 0) is 13.8 Å². The van der Waals surface area contributed by atoms with Crippen LogP contribution >= 0.6 is 0 Å². The molecule has 0 aliphatic rings. The highest BCUT2D eigenvalue weighted by atomic mass is 16.3. The summed E-state index contributed by atoms with van der Waals surface area (Å²) < 4.78 is 1.69. The summed E-state index contributed by atoms with van der Waals surface area (Å²) in [5, 5.41) is 13.2. The highest BCUT2D eigenvalue weighted by Crippen LogP contribution is 2.14. The second kappa shape index (κ2) is 5.63. The number of carbonyl (C=O) groups excluding carboxylic acids is 1. The van der Waals surface area contributed by atoms with Crippen molar-refractivity contribution < 1.29 is 9.90 Å². The van der Waals surface area contributed by atoms with Crippen LogP contribution in [0.4, 0.5) is 0 Å². The number of nitrogens with zero attached hydrogens (tertiary/aromatic N) is 3. The van der Waals surface area contributed by atoms with Gasteiger partial charge in [-0.2, -0.15) is 5.10 Å². The third-order valence-electron chi connectivity index (χ3n) is 2.73. The van der Waals surface area contributed by atoms with Gasteiger partial charge >= 0.3 is 0 Å². The van der Waals surface area contributed by atoms with E-state index in [0.29, 0.717) is 24.3 Å². The van der Waals surface area contributed by atoms with Crippen molar-refractivity contribution in [2.75, 3.05) is 19.7 Å². The van der Waals surface area contributed by atoms with E-state index in [2.05, 4.69) is 11.7 Å². The molecule has 1 amide bonds.